The van der Waals surface area contributed by atoms with Crippen LogP contribution in [0.5, 0.6) is 0 Å². The molecule has 224 valence electrons. The van der Waals surface area contributed by atoms with E-state index < -0.39 is 42.6 Å². The zero-order valence-corrected chi connectivity index (χ0v) is 22.4. The maximum atomic E-state index is 12.8. The number of carbonyl (C=O) groups excluding carboxylic acids is 4. The van der Waals surface area contributed by atoms with Crippen molar-refractivity contribution in [3.8, 4) is 0 Å². The van der Waals surface area contributed by atoms with Crippen molar-refractivity contribution in [2.24, 2.45) is 5.73 Å². The van der Waals surface area contributed by atoms with Crippen LogP contribution in [0.25, 0.3) is 0 Å². The summed E-state index contributed by atoms with van der Waals surface area (Å²) in [5, 5.41) is 27.7. The molecule has 39 heavy (non-hydrogen) atoms. The fourth-order valence-electron chi connectivity index (χ4n) is 4.12. The molecule has 4 amide bonds. The summed E-state index contributed by atoms with van der Waals surface area (Å²) in [5.41, 5.74) is 5.11. The lowest BCUT2D eigenvalue weighted by Crippen LogP contribution is -2.48. The minimum Gasteiger partial charge on any atom is -0.388 e. The molecule has 5 atom stereocenters. The highest BCUT2D eigenvalue weighted by molar-refractivity contribution is 5.88. The number of carbonyl (C=O) groups is 4. The zero-order valence-electron chi connectivity index (χ0n) is 22.4. The molecule has 0 spiro atoms. The van der Waals surface area contributed by atoms with Crippen molar-refractivity contribution in [2.45, 2.75) is 95.0 Å². The molecule has 0 aliphatic carbocycles. The van der Waals surface area contributed by atoms with Gasteiger partial charge in [-0.15, -0.1) is 0 Å². The van der Waals surface area contributed by atoms with Gasteiger partial charge in [-0.2, -0.15) is 0 Å². The number of ether oxygens (including phenoxy) is 4. The summed E-state index contributed by atoms with van der Waals surface area (Å²) in [6.07, 6.45) is 1.02. The Morgan fingerprint density at radius 2 is 1.38 bits per heavy atom. The van der Waals surface area contributed by atoms with Crippen molar-refractivity contribution >= 4 is 23.6 Å². The summed E-state index contributed by atoms with van der Waals surface area (Å²) in [4.78, 5) is 48.3. The van der Waals surface area contributed by atoms with E-state index in [1.165, 1.54) is 0 Å². The molecule has 0 radical (unpaired) electrons. The maximum absolute atomic E-state index is 12.8. The molecule has 0 aromatic rings. The molecule has 2 aliphatic heterocycles. The molecule has 14 heteroatoms. The van der Waals surface area contributed by atoms with E-state index in [4.69, 9.17) is 24.7 Å². The van der Waals surface area contributed by atoms with Gasteiger partial charge >= 0.3 is 0 Å². The summed E-state index contributed by atoms with van der Waals surface area (Å²) >= 11 is 0. The average molecular weight is 561 g/mol. The number of unbranched alkanes of at least 4 members (excludes halogenated alkanes) is 1. The van der Waals surface area contributed by atoms with Crippen LogP contribution in [-0.4, -0.2) is 104 Å². The lowest BCUT2D eigenvalue weighted by Gasteiger charge is -2.28. The average Bonchev–Trinajstić information content (AvgIpc) is 2.91. The molecule has 2 saturated heterocycles. The van der Waals surface area contributed by atoms with Crippen molar-refractivity contribution < 1.29 is 48.3 Å². The van der Waals surface area contributed by atoms with E-state index in [-0.39, 0.29) is 63.8 Å². The SMILES string of the molecule is NC(=O)CCCCC(=O)NC(CCC(=O)NCCOC1OCCCC1O)C(=O)NCCOC1OCCCC1O. The molecule has 5 unspecified atom stereocenters. The Kier molecular flexibility index (Phi) is 15.9. The summed E-state index contributed by atoms with van der Waals surface area (Å²) in [5.74, 6) is -1.63. The summed E-state index contributed by atoms with van der Waals surface area (Å²) in [7, 11) is 0. The van der Waals surface area contributed by atoms with E-state index in [1.54, 1.807) is 0 Å². The van der Waals surface area contributed by atoms with Gasteiger partial charge in [0.05, 0.1) is 13.2 Å². The van der Waals surface area contributed by atoms with E-state index in [2.05, 4.69) is 16.0 Å². The second-order valence-corrected chi connectivity index (χ2v) is 9.61. The fraction of sp³-hybridized carbons (Fsp3) is 0.840. The third-order valence-electron chi connectivity index (χ3n) is 6.26. The standard InChI is InChI=1S/C25H44N4O10/c26-20(32)7-1-2-8-22(34)29-17(23(35)28-12-16-39-25-19(31)6-4-14-37-25)9-10-21(33)27-11-15-38-24-18(30)5-3-13-36-24/h17-19,24-25,30-31H,1-16H2,(H2,26,32)(H,27,33)(H,28,35)(H,29,34). The number of primary amides is 1. The highest BCUT2D eigenvalue weighted by Gasteiger charge is 2.26. The van der Waals surface area contributed by atoms with E-state index in [1.807, 2.05) is 0 Å². The van der Waals surface area contributed by atoms with Gasteiger partial charge in [0.15, 0.2) is 12.6 Å². The predicted octanol–water partition coefficient (Wildman–Crippen LogP) is -1.44. The molecule has 2 heterocycles. The molecule has 0 aromatic carbocycles. The van der Waals surface area contributed by atoms with Crippen molar-refractivity contribution in [1.29, 1.82) is 0 Å². The van der Waals surface area contributed by atoms with E-state index in [0.29, 0.717) is 38.9 Å². The Hall–Kier alpha value is -2.36. The van der Waals surface area contributed by atoms with Crippen molar-refractivity contribution in [2.75, 3.05) is 39.5 Å². The van der Waals surface area contributed by atoms with Gasteiger partial charge in [-0.05, 0) is 44.9 Å². The number of hydrogen-bond acceptors (Lipinski definition) is 10. The number of rotatable bonds is 18. The van der Waals surface area contributed by atoms with Crippen LogP contribution in [0.3, 0.4) is 0 Å². The number of amides is 4. The van der Waals surface area contributed by atoms with Gasteiger partial charge in [0.2, 0.25) is 23.6 Å². The minimum absolute atomic E-state index is 0.0266. The molecular formula is C25H44N4O10. The predicted molar refractivity (Wildman–Crippen MR) is 137 cm³/mol. The first-order valence-electron chi connectivity index (χ1n) is 13.7. The second kappa shape index (κ2) is 18.8. The monoisotopic (exact) mass is 560 g/mol. The van der Waals surface area contributed by atoms with Gasteiger partial charge in [0.25, 0.3) is 0 Å². The maximum Gasteiger partial charge on any atom is 0.242 e. The number of aliphatic hydroxyl groups excluding tert-OH is 2. The molecule has 7 N–H and O–H groups in total. The normalized spacial score (nSPS) is 23.9. The van der Waals surface area contributed by atoms with E-state index in [9.17, 15) is 29.4 Å². The third-order valence-corrected chi connectivity index (χ3v) is 6.26. The van der Waals surface area contributed by atoms with Crippen molar-refractivity contribution in [3.05, 3.63) is 0 Å². The summed E-state index contributed by atoms with van der Waals surface area (Å²) in [6.45, 7) is 1.57. The zero-order chi connectivity index (χ0) is 28.5. The van der Waals surface area contributed by atoms with Crippen molar-refractivity contribution in [3.63, 3.8) is 0 Å². The quantitative estimate of drug-likeness (QED) is 0.108. The molecule has 2 aliphatic rings. The van der Waals surface area contributed by atoms with Crippen LogP contribution in [0, 0.1) is 0 Å². The van der Waals surface area contributed by atoms with Crippen LogP contribution in [0.15, 0.2) is 0 Å². The molecule has 0 bridgehead atoms. The van der Waals surface area contributed by atoms with Crippen LogP contribution in [-0.2, 0) is 38.1 Å². The summed E-state index contributed by atoms with van der Waals surface area (Å²) < 4.78 is 21.6. The van der Waals surface area contributed by atoms with E-state index in [0.717, 1.165) is 12.8 Å². The van der Waals surface area contributed by atoms with E-state index >= 15 is 0 Å². The Bertz CT molecular complexity index is 771. The Balaban J connectivity index is 1.74. The van der Waals surface area contributed by atoms with Crippen LogP contribution in [0.4, 0.5) is 0 Å². The van der Waals surface area contributed by atoms with Crippen LogP contribution >= 0.6 is 0 Å². The first-order valence-corrected chi connectivity index (χ1v) is 13.7. The highest BCUT2D eigenvalue weighted by atomic mass is 16.7. The molecule has 2 rings (SSSR count). The van der Waals surface area contributed by atoms with Gasteiger partial charge in [0.1, 0.15) is 18.2 Å². The van der Waals surface area contributed by atoms with Gasteiger partial charge in [-0.1, -0.05) is 0 Å². The molecule has 0 saturated carbocycles. The first-order chi connectivity index (χ1) is 18.8. The highest BCUT2D eigenvalue weighted by Crippen LogP contribution is 2.15. The number of aliphatic hydroxyl groups is 2. The van der Waals surface area contributed by atoms with Crippen molar-refractivity contribution in [1.82, 2.24) is 16.0 Å². The largest absolute Gasteiger partial charge is 0.388 e. The van der Waals surface area contributed by atoms with Gasteiger partial charge in [0, 0.05) is 45.6 Å². The Morgan fingerprint density at radius 1 is 0.821 bits per heavy atom. The molecule has 0 aromatic heterocycles. The van der Waals surface area contributed by atoms with Gasteiger partial charge < -0.3 is 50.8 Å². The number of nitrogens with one attached hydrogen (secondary N) is 3. The lowest BCUT2D eigenvalue weighted by molar-refractivity contribution is -0.213. The van der Waals surface area contributed by atoms with Crippen LogP contribution < -0.4 is 21.7 Å². The van der Waals surface area contributed by atoms with Crippen LogP contribution in [0.2, 0.25) is 0 Å². The van der Waals surface area contributed by atoms with Gasteiger partial charge in [-0.3, -0.25) is 19.2 Å². The molecule has 14 nitrogen and oxygen atoms in total. The van der Waals surface area contributed by atoms with Crippen LogP contribution in [0.1, 0.15) is 64.2 Å². The first kappa shape index (κ1) is 32.8. The number of hydrogen-bond donors (Lipinski definition) is 6. The minimum atomic E-state index is -0.960. The molecular weight excluding hydrogens is 516 g/mol. The Labute approximate surface area is 228 Å². The smallest absolute Gasteiger partial charge is 0.242 e. The van der Waals surface area contributed by atoms with Gasteiger partial charge in [-0.25, -0.2) is 0 Å². The lowest BCUT2D eigenvalue weighted by atomic mass is 10.1. The number of nitrogens with two attached hydrogens (primary N) is 1. The summed E-state index contributed by atoms with van der Waals surface area (Å²) in [6, 6.07) is -0.960. The molecule has 2 fully saturated rings. The third kappa shape index (κ3) is 14.0. The Morgan fingerprint density at radius 3 is 1.95 bits per heavy atom. The fourth-order valence-corrected chi connectivity index (χ4v) is 4.12. The topological polar surface area (TPSA) is 208 Å². The second-order valence-electron chi connectivity index (χ2n) is 9.61.